The molecule has 2 aromatic carbocycles. The third kappa shape index (κ3) is 5.63. The summed E-state index contributed by atoms with van der Waals surface area (Å²) in [6.45, 7) is 0.330. The first kappa shape index (κ1) is 21.9. The number of alkyl halides is 3. The Morgan fingerprint density at radius 2 is 1.87 bits per heavy atom. The predicted octanol–water partition coefficient (Wildman–Crippen LogP) is 4.37. The molecule has 0 amide bonds. The molecule has 1 aliphatic heterocycles. The fourth-order valence-corrected chi connectivity index (χ4v) is 3.05. The number of ether oxygens (including phenoxy) is 3. The van der Waals surface area contributed by atoms with Crippen LogP contribution >= 0.6 is 0 Å². The molecule has 0 saturated carbocycles. The average Bonchev–Trinajstić information content (AvgIpc) is 2.73. The number of benzene rings is 2. The van der Waals surface area contributed by atoms with Gasteiger partial charge in [-0.2, -0.15) is 13.2 Å². The second-order valence-electron chi connectivity index (χ2n) is 6.72. The Balaban J connectivity index is 1.66. The molecule has 2 N–H and O–H groups in total. The van der Waals surface area contributed by atoms with E-state index in [9.17, 15) is 13.2 Å². The van der Waals surface area contributed by atoms with E-state index >= 15 is 0 Å². The van der Waals surface area contributed by atoms with E-state index in [1.165, 1.54) is 6.07 Å². The summed E-state index contributed by atoms with van der Waals surface area (Å²) in [5.41, 5.74) is 6.25. The van der Waals surface area contributed by atoms with Crippen LogP contribution in [0.15, 0.2) is 60.7 Å². The molecule has 0 radical (unpaired) electrons. The number of nitrogen functional groups attached to an aromatic ring is 1. The molecule has 3 atom stereocenters. The van der Waals surface area contributed by atoms with Crippen LogP contribution < -0.4 is 5.73 Å². The lowest BCUT2D eigenvalue weighted by Crippen LogP contribution is -2.37. The highest BCUT2D eigenvalue weighted by Crippen LogP contribution is 2.31. The fraction of sp³-hybridized carbons (Fsp3) is 0.304. The van der Waals surface area contributed by atoms with E-state index in [2.05, 4.69) is 11.8 Å². The number of rotatable bonds is 5. The molecule has 0 aromatic heterocycles. The van der Waals surface area contributed by atoms with Crippen molar-refractivity contribution in [1.82, 2.24) is 0 Å². The van der Waals surface area contributed by atoms with Crippen molar-refractivity contribution in [2.24, 2.45) is 0 Å². The van der Waals surface area contributed by atoms with Gasteiger partial charge in [-0.15, -0.1) is 0 Å². The summed E-state index contributed by atoms with van der Waals surface area (Å²) >= 11 is 0. The number of methoxy groups -OCH3 is 1. The maximum atomic E-state index is 12.9. The third-order valence-electron chi connectivity index (χ3n) is 4.57. The summed E-state index contributed by atoms with van der Waals surface area (Å²) < 4.78 is 55.6. The summed E-state index contributed by atoms with van der Waals surface area (Å²) in [4.78, 5) is 0. The van der Waals surface area contributed by atoms with Crippen molar-refractivity contribution in [2.45, 2.75) is 24.5 Å². The monoisotopic (exact) mass is 417 g/mol. The third-order valence-corrected chi connectivity index (χ3v) is 4.57. The minimum absolute atomic E-state index is 0.00424. The summed E-state index contributed by atoms with van der Waals surface area (Å²) in [6.07, 6.45) is -1.59. The number of anilines is 1. The van der Waals surface area contributed by atoms with Gasteiger partial charge in [0.1, 0.15) is 24.9 Å². The zero-order chi connectivity index (χ0) is 21.6. The SMILES string of the molecule is COC[C@H]1O[C@H](c2ccccc2)C=C[C@@H]1OCC#Cc1cc(C(F)(F)F)ccc1N. The van der Waals surface area contributed by atoms with Crippen molar-refractivity contribution in [3.8, 4) is 11.8 Å². The Hall–Kier alpha value is -2.79. The molecule has 1 aliphatic rings. The second kappa shape index (κ2) is 9.81. The van der Waals surface area contributed by atoms with Gasteiger partial charge in [-0.1, -0.05) is 54.3 Å². The molecule has 0 spiro atoms. The topological polar surface area (TPSA) is 53.7 Å². The van der Waals surface area contributed by atoms with Crippen LogP contribution in [0, 0.1) is 11.8 Å². The summed E-state index contributed by atoms with van der Waals surface area (Å²) in [6, 6.07) is 12.8. The molecule has 7 heteroatoms. The Morgan fingerprint density at radius 1 is 1.10 bits per heavy atom. The van der Waals surface area contributed by atoms with Gasteiger partial charge in [0.05, 0.1) is 12.2 Å². The van der Waals surface area contributed by atoms with Crippen LogP contribution in [0.4, 0.5) is 18.9 Å². The van der Waals surface area contributed by atoms with E-state index in [4.69, 9.17) is 19.9 Å². The zero-order valence-corrected chi connectivity index (χ0v) is 16.4. The van der Waals surface area contributed by atoms with Crippen molar-refractivity contribution in [1.29, 1.82) is 0 Å². The maximum Gasteiger partial charge on any atom is 0.416 e. The highest BCUT2D eigenvalue weighted by molar-refractivity contribution is 5.57. The Kier molecular flexibility index (Phi) is 7.16. The average molecular weight is 417 g/mol. The van der Waals surface area contributed by atoms with Crippen LogP contribution in [-0.4, -0.2) is 32.5 Å². The quantitative estimate of drug-likeness (QED) is 0.446. The van der Waals surface area contributed by atoms with Crippen molar-refractivity contribution in [3.05, 3.63) is 77.4 Å². The summed E-state index contributed by atoms with van der Waals surface area (Å²) in [5, 5.41) is 0. The van der Waals surface area contributed by atoms with Crippen molar-refractivity contribution in [2.75, 3.05) is 26.1 Å². The van der Waals surface area contributed by atoms with Gasteiger partial charge in [-0.25, -0.2) is 0 Å². The van der Waals surface area contributed by atoms with Crippen LogP contribution in [0.1, 0.15) is 22.8 Å². The highest BCUT2D eigenvalue weighted by Gasteiger charge is 2.31. The molecular formula is C23H22F3NO3. The van der Waals surface area contributed by atoms with Gasteiger partial charge in [0, 0.05) is 18.4 Å². The molecule has 0 bridgehead atoms. The Morgan fingerprint density at radius 3 is 2.57 bits per heavy atom. The molecule has 0 aliphatic carbocycles. The van der Waals surface area contributed by atoms with E-state index in [1.807, 2.05) is 42.5 Å². The lowest BCUT2D eigenvalue weighted by molar-refractivity contribution is -0.137. The molecular weight excluding hydrogens is 395 g/mol. The molecule has 3 rings (SSSR count). The van der Waals surface area contributed by atoms with E-state index < -0.39 is 17.8 Å². The standard InChI is InChI=1S/C23H22F3NO3/c1-28-15-22-21(12-11-20(30-22)16-6-3-2-4-7-16)29-13-5-8-17-14-18(23(24,25)26)9-10-19(17)27/h2-4,6-7,9-12,14,20-22H,13,15,27H2,1H3/t20-,21-,22+/m0/s1. The molecule has 0 saturated heterocycles. The zero-order valence-electron chi connectivity index (χ0n) is 16.4. The highest BCUT2D eigenvalue weighted by atomic mass is 19.4. The molecule has 158 valence electrons. The van der Waals surface area contributed by atoms with Crippen LogP contribution in [0.2, 0.25) is 0 Å². The van der Waals surface area contributed by atoms with E-state index in [0.717, 1.165) is 17.7 Å². The van der Waals surface area contributed by atoms with Gasteiger partial charge in [0.15, 0.2) is 0 Å². The predicted molar refractivity (Wildman–Crippen MR) is 108 cm³/mol. The smallest absolute Gasteiger partial charge is 0.398 e. The molecule has 30 heavy (non-hydrogen) atoms. The van der Waals surface area contributed by atoms with Gasteiger partial charge in [-0.05, 0) is 23.8 Å². The molecule has 0 unspecified atom stereocenters. The van der Waals surface area contributed by atoms with E-state index in [1.54, 1.807) is 7.11 Å². The number of hydrogen-bond donors (Lipinski definition) is 1. The van der Waals surface area contributed by atoms with Crippen LogP contribution in [0.25, 0.3) is 0 Å². The first-order valence-corrected chi connectivity index (χ1v) is 9.33. The molecule has 4 nitrogen and oxygen atoms in total. The van der Waals surface area contributed by atoms with Gasteiger partial charge in [-0.3, -0.25) is 0 Å². The van der Waals surface area contributed by atoms with Crippen LogP contribution in [0.5, 0.6) is 0 Å². The second-order valence-corrected chi connectivity index (χ2v) is 6.72. The lowest BCUT2D eigenvalue weighted by atomic mass is 10.0. The molecule has 0 fully saturated rings. The Bertz CT molecular complexity index is 932. The van der Waals surface area contributed by atoms with Crippen molar-refractivity contribution in [3.63, 3.8) is 0 Å². The minimum atomic E-state index is -4.45. The number of hydrogen-bond acceptors (Lipinski definition) is 4. The fourth-order valence-electron chi connectivity index (χ4n) is 3.05. The van der Waals surface area contributed by atoms with Crippen LogP contribution in [-0.2, 0) is 20.4 Å². The largest absolute Gasteiger partial charge is 0.416 e. The van der Waals surface area contributed by atoms with Gasteiger partial charge >= 0.3 is 6.18 Å². The number of nitrogens with two attached hydrogens (primary N) is 1. The first-order chi connectivity index (χ1) is 14.4. The maximum absolute atomic E-state index is 12.9. The first-order valence-electron chi connectivity index (χ1n) is 9.33. The van der Waals surface area contributed by atoms with Gasteiger partial charge in [0.2, 0.25) is 0 Å². The van der Waals surface area contributed by atoms with Gasteiger partial charge < -0.3 is 19.9 Å². The molecule has 1 heterocycles. The summed E-state index contributed by atoms with van der Waals surface area (Å²) in [7, 11) is 1.58. The van der Waals surface area contributed by atoms with Crippen LogP contribution in [0.3, 0.4) is 0 Å². The number of halogens is 3. The van der Waals surface area contributed by atoms with Gasteiger partial charge in [0.25, 0.3) is 0 Å². The normalized spacial score (nSPS) is 21.1. The van der Waals surface area contributed by atoms with E-state index in [0.29, 0.717) is 6.61 Å². The lowest BCUT2D eigenvalue weighted by Gasteiger charge is -2.31. The summed E-state index contributed by atoms with van der Waals surface area (Å²) in [5.74, 6) is 5.37. The van der Waals surface area contributed by atoms with Crippen molar-refractivity contribution < 1.29 is 27.4 Å². The van der Waals surface area contributed by atoms with E-state index in [-0.39, 0.29) is 30.1 Å². The Labute approximate surface area is 173 Å². The van der Waals surface area contributed by atoms with Crippen molar-refractivity contribution >= 4 is 5.69 Å². The minimum Gasteiger partial charge on any atom is -0.398 e. The molecule has 2 aromatic rings.